The van der Waals surface area contributed by atoms with Crippen molar-refractivity contribution in [3.8, 4) is 5.75 Å². The molecule has 3 aliphatic rings. The molecule has 0 spiro atoms. The summed E-state index contributed by atoms with van der Waals surface area (Å²) in [5, 5.41) is 5.42. The molecule has 0 bridgehead atoms. The lowest BCUT2D eigenvalue weighted by molar-refractivity contribution is -0.118. The van der Waals surface area contributed by atoms with Crippen molar-refractivity contribution in [2.75, 3.05) is 31.6 Å². The number of carbonyl (C=O) groups is 1. The molecule has 3 aromatic rings. The number of anilines is 2. The Morgan fingerprint density at radius 1 is 1.23 bits per heavy atom. The zero-order valence-corrected chi connectivity index (χ0v) is 21.3. The number of thiophene rings is 1. The molecule has 186 valence electrons. The number of hydrogen-bond acceptors (Lipinski definition) is 9. The van der Waals surface area contributed by atoms with Gasteiger partial charge in [-0.3, -0.25) is 14.7 Å². The Balaban J connectivity index is 1.28. The van der Waals surface area contributed by atoms with Crippen molar-refractivity contribution >= 4 is 49.6 Å². The molecule has 3 N–H and O–H groups in total. The number of primary amides is 1. The number of aryl methyl sites for hydroxylation is 1. The largest absolute Gasteiger partial charge is 0.490 e. The molecule has 1 atom stereocenters. The van der Waals surface area contributed by atoms with Gasteiger partial charge in [-0.2, -0.15) is 0 Å². The summed E-state index contributed by atoms with van der Waals surface area (Å²) in [4.78, 5) is 25.7. The molecule has 1 saturated heterocycles. The molecular formula is C25H31N5O3S2. The molecule has 2 aliphatic carbocycles. The molecule has 8 nitrogen and oxygen atoms in total. The van der Waals surface area contributed by atoms with E-state index in [1.54, 1.807) is 34.4 Å². The van der Waals surface area contributed by atoms with Crippen molar-refractivity contribution in [1.82, 2.24) is 14.9 Å². The van der Waals surface area contributed by atoms with Crippen LogP contribution in [0.3, 0.4) is 0 Å². The molecule has 35 heavy (non-hydrogen) atoms. The van der Waals surface area contributed by atoms with E-state index in [0.29, 0.717) is 12.5 Å². The quantitative estimate of drug-likeness (QED) is 0.482. The van der Waals surface area contributed by atoms with Gasteiger partial charge in [0, 0.05) is 36.5 Å². The number of morpholine rings is 1. The number of aromatic nitrogens is 2. The Morgan fingerprint density at radius 2 is 2.06 bits per heavy atom. The minimum atomic E-state index is -0.248. The van der Waals surface area contributed by atoms with E-state index in [4.69, 9.17) is 20.2 Å². The van der Waals surface area contributed by atoms with Crippen molar-refractivity contribution in [1.29, 1.82) is 0 Å². The highest BCUT2D eigenvalue weighted by molar-refractivity contribution is 7.19. The smallest absolute Gasteiger partial charge is 0.218 e. The van der Waals surface area contributed by atoms with Crippen molar-refractivity contribution in [2.24, 2.45) is 5.73 Å². The topological polar surface area (TPSA) is 103 Å². The first kappa shape index (κ1) is 23.1. The van der Waals surface area contributed by atoms with E-state index in [1.807, 2.05) is 6.07 Å². The summed E-state index contributed by atoms with van der Waals surface area (Å²) in [6.45, 7) is 3.76. The predicted octanol–water partition coefficient (Wildman–Crippen LogP) is 4.42. The predicted molar refractivity (Wildman–Crippen MR) is 139 cm³/mol. The van der Waals surface area contributed by atoms with Gasteiger partial charge in [0.25, 0.3) is 0 Å². The van der Waals surface area contributed by atoms with Gasteiger partial charge in [0.15, 0.2) is 0 Å². The zero-order valence-electron chi connectivity index (χ0n) is 19.7. The lowest BCUT2D eigenvalue weighted by Crippen LogP contribution is -2.46. The number of amides is 1. The fourth-order valence-corrected chi connectivity index (χ4v) is 7.67. The number of nitrogens with two attached hydrogens (primary N) is 1. The third kappa shape index (κ3) is 4.89. The number of hydrogen-bond donors (Lipinski definition) is 2. The number of thiazole rings is 1. The van der Waals surface area contributed by atoms with Crippen LogP contribution in [0.2, 0.25) is 0 Å². The van der Waals surface area contributed by atoms with E-state index < -0.39 is 0 Å². The SMILES string of the molecule is NC(=O)C[C@H]1CCc2sc3nc(Nc4cncs4)cc(OC4CCC(N5CCOCC5)CC4)c3c21. The highest BCUT2D eigenvalue weighted by atomic mass is 32.1. The zero-order chi connectivity index (χ0) is 23.8. The second-order valence-corrected chi connectivity index (χ2v) is 11.7. The van der Waals surface area contributed by atoms with Crippen LogP contribution in [0.25, 0.3) is 10.2 Å². The van der Waals surface area contributed by atoms with Gasteiger partial charge in [0.1, 0.15) is 21.4 Å². The average molecular weight is 514 g/mol. The minimum absolute atomic E-state index is 0.151. The van der Waals surface area contributed by atoms with Gasteiger partial charge in [0.05, 0.1) is 36.4 Å². The Hall–Kier alpha value is -2.27. The Morgan fingerprint density at radius 3 is 2.80 bits per heavy atom. The first-order chi connectivity index (χ1) is 17.1. The number of pyridine rings is 1. The van der Waals surface area contributed by atoms with Crippen LogP contribution in [-0.2, 0) is 16.0 Å². The van der Waals surface area contributed by atoms with Crippen molar-refractivity contribution in [2.45, 2.75) is 63.0 Å². The molecule has 2 fully saturated rings. The number of rotatable bonds is 7. The molecule has 3 aromatic heterocycles. The summed E-state index contributed by atoms with van der Waals surface area (Å²) < 4.78 is 12.3. The Kier molecular flexibility index (Phi) is 6.62. The highest BCUT2D eigenvalue weighted by Crippen LogP contribution is 2.49. The number of fused-ring (bicyclic) bond motifs is 3. The maximum atomic E-state index is 11.8. The van der Waals surface area contributed by atoms with Gasteiger partial charge in [-0.15, -0.1) is 22.7 Å². The first-order valence-electron chi connectivity index (χ1n) is 12.5. The number of carbonyl (C=O) groups excluding carboxylic acids is 1. The van der Waals surface area contributed by atoms with Gasteiger partial charge in [-0.25, -0.2) is 4.98 Å². The van der Waals surface area contributed by atoms with Crippen LogP contribution in [0, 0.1) is 0 Å². The van der Waals surface area contributed by atoms with E-state index in [2.05, 4.69) is 15.2 Å². The third-order valence-electron chi connectivity index (χ3n) is 7.50. The van der Waals surface area contributed by atoms with E-state index in [-0.39, 0.29) is 17.9 Å². The standard InChI is InChI=1S/C25H31N5O3S2/c26-20(31)11-15-1-6-19-23(15)24-18(12-21(29-25(24)35-19)28-22-13-27-14-34-22)33-17-4-2-16(3-5-17)30-7-9-32-10-8-30/h12-17H,1-11H2,(H2,26,31)(H,28,29)/t15-,16?,17?/m1/s1. The molecule has 6 rings (SSSR count). The van der Waals surface area contributed by atoms with Crippen LogP contribution in [-0.4, -0.2) is 59.2 Å². The van der Waals surface area contributed by atoms with Crippen LogP contribution >= 0.6 is 22.7 Å². The lowest BCUT2D eigenvalue weighted by Gasteiger charge is -2.38. The third-order valence-corrected chi connectivity index (χ3v) is 9.35. The average Bonchev–Trinajstić information content (AvgIpc) is 3.58. The van der Waals surface area contributed by atoms with E-state index in [9.17, 15) is 4.79 Å². The first-order valence-corrected chi connectivity index (χ1v) is 14.2. The summed E-state index contributed by atoms with van der Waals surface area (Å²) >= 11 is 3.27. The molecule has 10 heteroatoms. The van der Waals surface area contributed by atoms with Gasteiger partial charge >= 0.3 is 0 Å². The monoisotopic (exact) mass is 513 g/mol. The summed E-state index contributed by atoms with van der Waals surface area (Å²) in [5.74, 6) is 1.55. The van der Waals surface area contributed by atoms with Crippen molar-refractivity contribution < 1.29 is 14.3 Å². The lowest BCUT2D eigenvalue weighted by atomic mass is 9.91. The second kappa shape index (κ2) is 10.0. The van der Waals surface area contributed by atoms with Crippen LogP contribution in [0.15, 0.2) is 17.8 Å². The minimum Gasteiger partial charge on any atom is -0.490 e. The summed E-state index contributed by atoms with van der Waals surface area (Å²) in [6.07, 6.45) is 8.68. The fraction of sp³-hybridized carbons (Fsp3) is 0.560. The molecule has 0 unspecified atom stereocenters. The van der Waals surface area contributed by atoms with Gasteiger partial charge in [-0.1, -0.05) is 0 Å². The van der Waals surface area contributed by atoms with Gasteiger partial charge < -0.3 is 20.5 Å². The van der Waals surface area contributed by atoms with Crippen molar-refractivity contribution in [3.05, 3.63) is 28.2 Å². The Labute approximate surface area is 212 Å². The summed E-state index contributed by atoms with van der Waals surface area (Å²) in [7, 11) is 0. The highest BCUT2D eigenvalue weighted by Gasteiger charge is 2.33. The fourth-order valence-electron chi connectivity index (χ4n) is 5.86. The summed E-state index contributed by atoms with van der Waals surface area (Å²) in [5.41, 5.74) is 8.63. The number of ether oxygens (including phenoxy) is 2. The van der Waals surface area contributed by atoms with Crippen LogP contribution in [0.5, 0.6) is 5.75 Å². The van der Waals surface area contributed by atoms with Crippen molar-refractivity contribution in [3.63, 3.8) is 0 Å². The maximum Gasteiger partial charge on any atom is 0.218 e. The molecule has 1 amide bonds. The van der Waals surface area contributed by atoms with Crippen LogP contribution < -0.4 is 15.8 Å². The van der Waals surface area contributed by atoms with E-state index in [0.717, 1.165) is 91.6 Å². The van der Waals surface area contributed by atoms with E-state index in [1.165, 1.54) is 10.4 Å². The molecule has 4 heterocycles. The van der Waals surface area contributed by atoms with Crippen LogP contribution in [0.1, 0.15) is 54.9 Å². The molecule has 1 saturated carbocycles. The number of nitrogens with zero attached hydrogens (tertiary/aromatic N) is 3. The second-order valence-electron chi connectivity index (χ2n) is 9.72. The Bertz CT molecular complexity index is 1180. The van der Waals surface area contributed by atoms with Gasteiger partial charge in [0.2, 0.25) is 5.91 Å². The molecular weight excluding hydrogens is 482 g/mol. The maximum absolute atomic E-state index is 11.8. The molecule has 0 radical (unpaired) electrons. The van der Waals surface area contributed by atoms with E-state index >= 15 is 0 Å². The summed E-state index contributed by atoms with van der Waals surface area (Å²) in [6, 6.07) is 2.66. The molecule has 1 aliphatic heterocycles. The molecule has 0 aromatic carbocycles. The number of nitrogens with one attached hydrogen (secondary N) is 1. The normalized spacial score (nSPS) is 25.0. The van der Waals surface area contributed by atoms with Crippen LogP contribution in [0.4, 0.5) is 10.8 Å². The van der Waals surface area contributed by atoms with Gasteiger partial charge in [-0.05, 0) is 50.0 Å².